The predicted molar refractivity (Wildman–Crippen MR) is 53.8 cm³/mol. The van der Waals surface area contributed by atoms with Crippen LogP contribution >= 0.6 is 0 Å². The van der Waals surface area contributed by atoms with E-state index in [1.165, 1.54) is 0 Å². The van der Waals surface area contributed by atoms with Crippen molar-refractivity contribution in [1.29, 1.82) is 0 Å². The number of nitrogens with zero attached hydrogens (tertiary/aromatic N) is 1. The Kier molecular flexibility index (Phi) is 5.71. The van der Waals surface area contributed by atoms with Crippen LogP contribution in [-0.2, 0) is 4.79 Å². The zero-order chi connectivity index (χ0) is 10.4. The average Bonchev–Trinajstić information content (AvgIpc) is 2.04. The number of likely N-dealkylation sites (N-methyl/N-ethyl adjacent to an activating group) is 1. The Morgan fingerprint density at radius 3 is 2.23 bits per heavy atom. The van der Waals surface area contributed by atoms with Gasteiger partial charge in [0, 0.05) is 6.54 Å². The number of carboxylic acids is 1. The summed E-state index contributed by atoms with van der Waals surface area (Å²) >= 11 is 0. The van der Waals surface area contributed by atoms with E-state index in [-0.39, 0.29) is 6.04 Å². The van der Waals surface area contributed by atoms with E-state index >= 15 is 0 Å². The molecule has 0 radical (unpaired) electrons. The standard InChI is InChI=1S/C10H21NO2/c1-5-8(3)7-11(4)9(6-2)10(12)13/h8-9H,5-7H2,1-4H3,(H,12,13). The van der Waals surface area contributed by atoms with Crippen LogP contribution in [0.15, 0.2) is 0 Å². The molecule has 13 heavy (non-hydrogen) atoms. The van der Waals surface area contributed by atoms with Crippen LogP contribution in [0.1, 0.15) is 33.6 Å². The lowest BCUT2D eigenvalue weighted by Crippen LogP contribution is -2.40. The molecule has 0 amide bonds. The second kappa shape index (κ2) is 5.97. The van der Waals surface area contributed by atoms with Gasteiger partial charge in [-0.25, -0.2) is 0 Å². The van der Waals surface area contributed by atoms with E-state index in [1.807, 2.05) is 18.9 Å². The maximum atomic E-state index is 10.8. The maximum Gasteiger partial charge on any atom is 0.320 e. The van der Waals surface area contributed by atoms with E-state index in [9.17, 15) is 4.79 Å². The average molecular weight is 187 g/mol. The van der Waals surface area contributed by atoms with Crippen molar-refractivity contribution >= 4 is 5.97 Å². The quantitative estimate of drug-likeness (QED) is 0.689. The lowest BCUT2D eigenvalue weighted by molar-refractivity contribution is -0.143. The van der Waals surface area contributed by atoms with Gasteiger partial charge in [-0.1, -0.05) is 27.2 Å². The monoisotopic (exact) mass is 187 g/mol. The fraction of sp³-hybridized carbons (Fsp3) is 0.900. The Hall–Kier alpha value is -0.570. The molecule has 2 unspecified atom stereocenters. The van der Waals surface area contributed by atoms with Gasteiger partial charge in [0.2, 0.25) is 0 Å². The van der Waals surface area contributed by atoms with Gasteiger partial charge in [-0.2, -0.15) is 0 Å². The highest BCUT2D eigenvalue weighted by Crippen LogP contribution is 2.08. The van der Waals surface area contributed by atoms with Crippen LogP contribution < -0.4 is 0 Å². The van der Waals surface area contributed by atoms with Crippen molar-refractivity contribution in [1.82, 2.24) is 4.90 Å². The zero-order valence-electron chi connectivity index (χ0n) is 9.08. The van der Waals surface area contributed by atoms with Crippen LogP contribution in [0.4, 0.5) is 0 Å². The summed E-state index contributed by atoms with van der Waals surface area (Å²) in [6.45, 7) is 7.04. The van der Waals surface area contributed by atoms with Gasteiger partial charge in [0.05, 0.1) is 0 Å². The summed E-state index contributed by atoms with van der Waals surface area (Å²) in [5.74, 6) is -0.147. The molecule has 0 heterocycles. The predicted octanol–water partition coefficient (Wildman–Crippen LogP) is 1.83. The third-order valence-corrected chi connectivity index (χ3v) is 2.50. The number of aliphatic carboxylic acids is 1. The molecule has 78 valence electrons. The highest BCUT2D eigenvalue weighted by molar-refractivity contribution is 5.73. The van der Waals surface area contributed by atoms with Crippen molar-refractivity contribution < 1.29 is 9.90 Å². The second-order valence-corrected chi connectivity index (χ2v) is 3.72. The molecule has 2 atom stereocenters. The van der Waals surface area contributed by atoms with E-state index in [0.717, 1.165) is 13.0 Å². The minimum Gasteiger partial charge on any atom is -0.480 e. The van der Waals surface area contributed by atoms with Crippen LogP contribution in [0, 0.1) is 5.92 Å². The molecule has 0 aromatic rings. The molecule has 0 spiro atoms. The van der Waals surface area contributed by atoms with E-state index in [4.69, 9.17) is 5.11 Å². The van der Waals surface area contributed by atoms with Crippen LogP contribution in [0.2, 0.25) is 0 Å². The SMILES string of the molecule is CCC(C)CN(C)C(CC)C(=O)O. The molecule has 0 aromatic carbocycles. The van der Waals surface area contributed by atoms with E-state index in [1.54, 1.807) is 0 Å². The van der Waals surface area contributed by atoms with E-state index in [2.05, 4.69) is 13.8 Å². The fourth-order valence-electron chi connectivity index (χ4n) is 1.42. The fourth-order valence-corrected chi connectivity index (χ4v) is 1.42. The first kappa shape index (κ1) is 12.4. The molecular formula is C10H21NO2. The summed E-state index contributed by atoms with van der Waals surface area (Å²) in [5.41, 5.74) is 0. The molecule has 0 aliphatic rings. The zero-order valence-corrected chi connectivity index (χ0v) is 9.08. The van der Waals surface area contributed by atoms with Crippen LogP contribution in [0.5, 0.6) is 0 Å². The summed E-state index contributed by atoms with van der Waals surface area (Å²) in [4.78, 5) is 12.7. The van der Waals surface area contributed by atoms with Crippen molar-refractivity contribution in [3.05, 3.63) is 0 Å². The van der Waals surface area contributed by atoms with Gasteiger partial charge in [0.25, 0.3) is 0 Å². The summed E-state index contributed by atoms with van der Waals surface area (Å²) in [6.07, 6.45) is 1.77. The molecule has 0 rings (SSSR count). The molecule has 0 bridgehead atoms. The Morgan fingerprint density at radius 2 is 1.92 bits per heavy atom. The molecule has 0 aliphatic carbocycles. The minimum absolute atomic E-state index is 0.325. The molecule has 3 nitrogen and oxygen atoms in total. The summed E-state index contributed by atoms with van der Waals surface area (Å²) < 4.78 is 0. The number of hydrogen-bond acceptors (Lipinski definition) is 2. The Bertz CT molecular complexity index is 159. The van der Waals surface area contributed by atoms with Gasteiger partial charge in [-0.15, -0.1) is 0 Å². The van der Waals surface area contributed by atoms with Crippen LogP contribution in [0.25, 0.3) is 0 Å². The van der Waals surface area contributed by atoms with Gasteiger partial charge >= 0.3 is 5.97 Å². The summed E-state index contributed by atoms with van der Waals surface area (Å²) in [7, 11) is 1.88. The van der Waals surface area contributed by atoms with Crippen molar-refractivity contribution in [2.45, 2.75) is 39.7 Å². The number of carboxylic acid groups (broad SMARTS) is 1. The molecule has 0 fully saturated rings. The number of rotatable bonds is 6. The largest absolute Gasteiger partial charge is 0.480 e. The van der Waals surface area contributed by atoms with E-state index < -0.39 is 5.97 Å². The lowest BCUT2D eigenvalue weighted by Gasteiger charge is -2.25. The molecule has 3 heteroatoms. The first-order valence-electron chi connectivity index (χ1n) is 4.95. The highest BCUT2D eigenvalue weighted by Gasteiger charge is 2.20. The first-order chi connectivity index (χ1) is 6.02. The topological polar surface area (TPSA) is 40.5 Å². The Balaban J connectivity index is 4.05. The van der Waals surface area contributed by atoms with Crippen molar-refractivity contribution in [3.63, 3.8) is 0 Å². The Labute approximate surface area is 80.7 Å². The van der Waals surface area contributed by atoms with Gasteiger partial charge in [-0.3, -0.25) is 9.69 Å². The third kappa shape index (κ3) is 4.27. The number of hydrogen-bond donors (Lipinski definition) is 1. The Morgan fingerprint density at radius 1 is 1.38 bits per heavy atom. The van der Waals surface area contributed by atoms with Crippen LogP contribution in [0.3, 0.4) is 0 Å². The maximum absolute atomic E-state index is 10.8. The lowest BCUT2D eigenvalue weighted by atomic mass is 10.1. The molecule has 1 N–H and O–H groups in total. The molecule has 0 saturated heterocycles. The summed E-state index contributed by atoms with van der Waals surface area (Å²) in [5, 5.41) is 8.89. The molecule has 0 aliphatic heterocycles. The van der Waals surface area contributed by atoms with Crippen molar-refractivity contribution in [3.8, 4) is 0 Å². The highest BCUT2D eigenvalue weighted by atomic mass is 16.4. The minimum atomic E-state index is -0.715. The van der Waals surface area contributed by atoms with Gasteiger partial charge in [0.15, 0.2) is 0 Å². The summed E-state index contributed by atoms with van der Waals surface area (Å²) in [6, 6.07) is -0.325. The van der Waals surface area contributed by atoms with E-state index in [0.29, 0.717) is 12.3 Å². The van der Waals surface area contributed by atoms with Crippen molar-refractivity contribution in [2.24, 2.45) is 5.92 Å². The molecule has 0 aromatic heterocycles. The second-order valence-electron chi connectivity index (χ2n) is 3.72. The number of carbonyl (C=O) groups is 1. The van der Waals surface area contributed by atoms with Gasteiger partial charge < -0.3 is 5.11 Å². The van der Waals surface area contributed by atoms with Crippen LogP contribution in [-0.4, -0.2) is 35.6 Å². The third-order valence-electron chi connectivity index (χ3n) is 2.50. The molecular weight excluding hydrogens is 166 g/mol. The van der Waals surface area contributed by atoms with Crippen molar-refractivity contribution in [2.75, 3.05) is 13.6 Å². The smallest absolute Gasteiger partial charge is 0.320 e. The van der Waals surface area contributed by atoms with Gasteiger partial charge in [-0.05, 0) is 19.4 Å². The molecule has 0 saturated carbocycles. The first-order valence-corrected chi connectivity index (χ1v) is 4.95. The normalized spacial score (nSPS) is 15.8. The van der Waals surface area contributed by atoms with Gasteiger partial charge in [0.1, 0.15) is 6.04 Å².